The Morgan fingerprint density at radius 1 is 0.549 bits per heavy atom. The van der Waals surface area contributed by atoms with Gasteiger partial charge < -0.3 is 25.6 Å². The summed E-state index contributed by atoms with van der Waals surface area (Å²) in [6.45, 7) is 12.2. The molecule has 0 unspecified atom stereocenters. The summed E-state index contributed by atoms with van der Waals surface area (Å²) >= 11 is 0. The minimum Gasteiger partial charge on any atom is -0.390 e. The number of hydroxylamine groups is 3. The Morgan fingerprint density at radius 2 is 0.941 bits per heavy atom. The first-order valence-electron chi connectivity index (χ1n) is 35.5. The lowest BCUT2D eigenvalue weighted by Crippen LogP contribution is -2.70. The van der Waals surface area contributed by atoms with Gasteiger partial charge in [-0.25, -0.2) is 40.6 Å². The average Bonchev–Trinajstić information content (AvgIpc) is 1.40. The van der Waals surface area contributed by atoms with E-state index in [2.05, 4.69) is 5.48 Å². The van der Waals surface area contributed by atoms with Crippen LogP contribution >= 0.6 is 0 Å². The lowest BCUT2D eigenvalue weighted by molar-refractivity contribution is -0.269. The van der Waals surface area contributed by atoms with E-state index in [0.29, 0.717) is 44.5 Å². The van der Waals surface area contributed by atoms with Crippen molar-refractivity contribution in [1.29, 1.82) is 0 Å². The van der Waals surface area contributed by atoms with Crippen LogP contribution in [-0.4, -0.2) is 151 Å². The molecule has 0 spiro atoms. The number of halogens is 8. The quantitative estimate of drug-likeness (QED) is 0.0961. The van der Waals surface area contributed by atoms with Gasteiger partial charge in [-0.15, -0.1) is 0 Å². The molecule has 550 valence electrons. The minimum atomic E-state index is -2.25. The van der Waals surface area contributed by atoms with Gasteiger partial charge in [0.2, 0.25) is 0 Å². The zero-order chi connectivity index (χ0) is 74.2. The van der Waals surface area contributed by atoms with E-state index >= 15 is 26.3 Å². The van der Waals surface area contributed by atoms with Crippen molar-refractivity contribution >= 4 is 34.7 Å². The normalized spacial score (nSPS) is 43.6. The number of aryl methyl sites for hydroxylation is 2. The summed E-state index contributed by atoms with van der Waals surface area (Å²) in [7, 11) is 0. The second kappa shape index (κ2) is 26.5. The number of ketones is 6. The number of rotatable bonds is 10. The minimum absolute atomic E-state index is 0.0177. The second-order valence-corrected chi connectivity index (χ2v) is 32.4. The number of nitrogens with one attached hydrogen (secondary N) is 1. The van der Waals surface area contributed by atoms with Crippen LogP contribution in [0.1, 0.15) is 122 Å². The molecule has 1 aliphatic heterocycles. The fourth-order valence-electron chi connectivity index (χ4n) is 22.3. The molecular weight excluding hydrogens is 1330 g/mol. The molecule has 15 rings (SSSR count). The summed E-state index contributed by atoms with van der Waals surface area (Å²) in [5, 5.41) is 52.7. The van der Waals surface area contributed by atoms with E-state index in [4.69, 9.17) is 10.0 Å². The fraction of sp³-hybridized carbons (Fsp3) is 0.575. The number of carbonyl (C=O) groups is 6. The number of aliphatic hydroxyl groups excluding tert-OH is 4. The Kier molecular flexibility index (Phi) is 19.5. The monoisotopic (exact) mass is 1420 g/mol. The Labute approximate surface area is 588 Å². The molecule has 7 saturated carbocycles. The first-order valence-corrected chi connectivity index (χ1v) is 35.5. The van der Waals surface area contributed by atoms with Gasteiger partial charge in [0.25, 0.3) is 0 Å². The standard InChI is InChI=1S/C30H34F3NO4.C21H23F3O3.C21H24F2O4.C8H11NO/c1-17-4-6-18(7-5-17)15-34-16-19-10-21-22-12-24(32)23-11-20(35)8-9-27(23,2)29(22,33)25(36)13-28(21,3)30(19,38-34)26(37)14-31;1-19-9-18(27)21(24)14(12(19)3-4-13(19)17(26)10-22)8-16(23)15-7-11(25)5-6-20(15,21)2;1-19-9-18(27)21(23)14(12(19)3-4-13(19)17(26)10-24)8-16(22)15-7-11(25)5-6-20(15,21)2;1-7-2-4-8(5-3-7)6-9-10/h4-9,11,19,21-22,24-25,36H,10,12-16H2,1-3H3;4-7,12,14,16,18,27H,3,8-10H2,1-2H3;4-7,12,14,16,18,24,27H,3,8-10H2,1-2H3;2-5,9-10H,6H2,1H3/t19-,21-,22-,24-,25-,27-,28-,29-,30-;2*12-,14-,16-,18-,19-,20-,21-;/m000./s1. The van der Waals surface area contributed by atoms with Crippen molar-refractivity contribution in [2.45, 2.75) is 186 Å². The van der Waals surface area contributed by atoms with Gasteiger partial charge in [-0.1, -0.05) is 111 Å². The van der Waals surface area contributed by atoms with Gasteiger partial charge in [-0.2, -0.15) is 5.06 Å². The molecule has 14 nitrogen and oxygen atoms in total. The molecule has 6 N–H and O–H groups in total. The van der Waals surface area contributed by atoms with E-state index in [1.807, 2.05) is 62.4 Å². The summed E-state index contributed by atoms with van der Waals surface area (Å²) in [5.74, 6) is -7.23. The Balaban J connectivity index is 0.000000137. The molecule has 0 amide bonds. The van der Waals surface area contributed by atoms with E-state index in [1.54, 1.807) is 51.8 Å². The SMILES string of the molecule is C[C@]12C=CC(=O)C=C1[C@@H](F)C[C@H]1[C@@H]3CC=C(C(=O)CF)[C@@]3(C)C[C@H](O)[C@@]12F.C[C@]12C=CC(=O)C=C1[C@@H](F)C[C@H]1[C@@H]3CC=C(C(=O)CO)[C@@]3(C)C[C@H](O)[C@@]12F.Cc1ccc(CN2C[C@@H]3C[C@H]4[C@@H]5C[C@H](F)C6=CC(=O)C=C[C@]6(C)[C@@]5(F)[C@@H](O)C[C@]4(C)[C@]3(C(=O)CF)O2)cc1.Cc1ccc(CNO)cc1. The summed E-state index contributed by atoms with van der Waals surface area (Å²) in [4.78, 5) is 79.6. The van der Waals surface area contributed by atoms with Crippen LogP contribution in [0.2, 0.25) is 0 Å². The third-order valence-electron chi connectivity index (χ3n) is 27.4. The summed E-state index contributed by atoms with van der Waals surface area (Å²) in [5.41, 5.74) is -7.80. The second-order valence-electron chi connectivity index (χ2n) is 32.4. The zero-order valence-corrected chi connectivity index (χ0v) is 58.6. The van der Waals surface area contributed by atoms with Crippen LogP contribution in [-0.2, 0) is 46.7 Å². The van der Waals surface area contributed by atoms with Gasteiger partial charge >= 0.3 is 0 Å². The number of benzene rings is 2. The molecule has 1 saturated heterocycles. The molecule has 2 aromatic rings. The molecule has 13 aliphatic rings. The number of hydrogen-bond donors (Lipinski definition) is 6. The van der Waals surface area contributed by atoms with Crippen molar-refractivity contribution in [3.05, 3.63) is 165 Å². The number of hydrogen-bond acceptors (Lipinski definition) is 14. The highest BCUT2D eigenvalue weighted by atomic mass is 19.2. The molecule has 102 heavy (non-hydrogen) atoms. The molecule has 22 heteroatoms. The van der Waals surface area contributed by atoms with Gasteiger partial charge in [0.1, 0.15) is 25.1 Å². The van der Waals surface area contributed by atoms with E-state index < -0.39 is 171 Å². The van der Waals surface area contributed by atoms with Crippen LogP contribution in [0.25, 0.3) is 0 Å². The van der Waals surface area contributed by atoms with Gasteiger partial charge in [-0.3, -0.25) is 33.6 Å². The highest BCUT2D eigenvalue weighted by molar-refractivity contribution is 6.03. The molecular formula is C80H92F8N2O12. The maximum atomic E-state index is 17.4. The largest absolute Gasteiger partial charge is 0.390 e. The number of fused-ring (bicyclic) bond motifs is 17. The molecule has 0 radical (unpaired) electrons. The predicted molar refractivity (Wildman–Crippen MR) is 361 cm³/mol. The highest BCUT2D eigenvalue weighted by Gasteiger charge is 2.80. The lowest BCUT2D eigenvalue weighted by Gasteiger charge is -2.63. The van der Waals surface area contributed by atoms with Crippen molar-refractivity contribution in [2.75, 3.05) is 26.5 Å². The van der Waals surface area contributed by atoms with Gasteiger partial charge in [0.15, 0.2) is 70.7 Å². The van der Waals surface area contributed by atoms with Crippen LogP contribution in [0.15, 0.2) is 143 Å². The lowest BCUT2D eigenvalue weighted by atomic mass is 9.44. The maximum absolute atomic E-state index is 17.4. The molecule has 12 aliphatic carbocycles. The van der Waals surface area contributed by atoms with Gasteiger partial charge in [0, 0.05) is 81.4 Å². The Bertz CT molecular complexity index is 3890. The molecule has 8 fully saturated rings. The predicted octanol–water partition coefficient (Wildman–Crippen LogP) is 11.8. The van der Waals surface area contributed by atoms with Crippen LogP contribution in [0.5, 0.6) is 0 Å². The van der Waals surface area contributed by atoms with E-state index in [9.17, 15) is 58.0 Å². The zero-order valence-electron chi connectivity index (χ0n) is 58.6. The summed E-state index contributed by atoms with van der Waals surface area (Å²) < 4.78 is 124. The van der Waals surface area contributed by atoms with Crippen LogP contribution in [0.4, 0.5) is 35.1 Å². The first-order chi connectivity index (χ1) is 47.9. The molecule has 2 aromatic carbocycles. The molecule has 0 aromatic heterocycles. The average molecular weight is 1430 g/mol. The summed E-state index contributed by atoms with van der Waals surface area (Å²) in [6, 6.07) is 15.9. The van der Waals surface area contributed by atoms with Crippen molar-refractivity contribution < 1.29 is 94.4 Å². The Hall–Kier alpha value is -6.50. The van der Waals surface area contributed by atoms with Crippen molar-refractivity contribution in [3.8, 4) is 0 Å². The van der Waals surface area contributed by atoms with E-state index in [0.717, 1.165) is 34.9 Å². The number of Topliss-reactive ketones (excluding diaryl/α,β-unsaturated/α-hetero) is 3. The number of nitrogens with zero attached hydrogens (tertiary/aromatic N) is 1. The maximum Gasteiger partial charge on any atom is 0.198 e. The number of alkyl halides is 8. The molecule has 0 bridgehead atoms. The summed E-state index contributed by atoms with van der Waals surface area (Å²) in [6.07, 6.45) is 6.16. The number of carbonyl (C=O) groups excluding carboxylic acids is 6. The smallest absolute Gasteiger partial charge is 0.198 e. The fourth-order valence-corrected chi connectivity index (χ4v) is 22.3. The van der Waals surface area contributed by atoms with E-state index in [-0.39, 0.29) is 78.3 Å². The molecule has 1 heterocycles. The highest BCUT2D eigenvalue weighted by Crippen LogP contribution is 2.74. The van der Waals surface area contributed by atoms with Gasteiger partial charge in [-0.05, 0) is 180 Å². The third kappa shape index (κ3) is 10.9. The molecule has 23 atom stereocenters. The topological polar surface area (TPSA) is 228 Å². The van der Waals surface area contributed by atoms with Crippen LogP contribution in [0.3, 0.4) is 0 Å². The third-order valence-corrected chi connectivity index (χ3v) is 27.4. The number of allylic oxidation sites excluding steroid dienone is 15. The van der Waals surface area contributed by atoms with Crippen molar-refractivity contribution in [1.82, 2.24) is 10.5 Å². The van der Waals surface area contributed by atoms with Crippen molar-refractivity contribution in [3.63, 3.8) is 0 Å². The van der Waals surface area contributed by atoms with Crippen LogP contribution in [0, 0.1) is 87.8 Å². The van der Waals surface area contributed by atoms with Gasteiger partial charge in [0.05, 0.1) is 18.3 Å². The van der Waals surface area contributed by atoms with Crippen molar-refractivity contribution in [2.24, 2.45) is 73.9 Å². The Morgan fingerprint density at radius 3 is 1.33 bits per heavy atom. The van der Waals surface area contributed by atoms with E-state index in [1.165, 1.54) is 48.9 Å². The van der Waals surface area contributed by atoms with Crippen LogP contribution < -0.4 is 5.48 Å². The number of aliphatic hydroxyl groups is 4. The first kappa shape index (κ1) is 75.2.